The number of urea groups is 1. The molecule has 160 valence electrons. The van der Waals surface area contributed by atoms with Crippen molar-refractivity contribution in [1.29, 1.82) is 0 Å². The summed E-state index contributed by atoms with van der Waals surface area (Å²) in [5, 5.41) is 3.00. The molecule has 0 bridgehead atoms. The molecule has 1 N–H and O–H groups in total. The van der Waals surface area contributed by atoms with Gasteiger partial charge in [0.1, 0.15) is 0 Å². The molecule has 0 unspecified atom stereocenters. The third-order valence-electron chi connectivity index (χ3n) is 6.75. The first-order valence-electron chi connectivity index (χ1n) is 11.2. The van der Waals surface area contributed by atoms with Gasteiger partial charge in [0.15, 0.2) is 0 Å². The summed E-state index contributed by atoms with van der Waals surface area (Å²) in [4.78, 5) is 33.2. The Morgan fingerprint density at radius 2 is 1.74 bits per heavy atom. The summed E-state index contributed by atoms with van der Waals surface area (Å²) in [6, 6.07) is 9.89. The molecule has 1 fully saturated rings. The van der Waals surface area contributed by atoms with Crippen LogP contribution in [0.1, 0.15) is 48.8 Å². The van der Waals surface area contributed by atoms with Crippen LogP contribution < -0.4 is 5.32 Å². The van der Waals surface area contributed by atoms with Crippen molar-refractivity contribution in [2.45, 2.75) is 45.2 Å². The smallest absolute Gasteiger partial charge is 0.322 e. The van der Waals surface area contributed by atoms with Crippen molar-refractivity contribution in [3.8, 4) is 0 Å². The predicted molar refractivity (Wildman–Crippen MR) is 120 cm³/mol. The molecule has 2 aliphatic heterocycles. The van der Waals surface area contributed by atoms with Crippen molar-refractivity contribution in [3.63, 3.8) is 0 Å². The molecule has 1 aromatic heterocycles. The Morgan fingerprint density at radius 3 is 2.45 bits per heavy atom. The molecule has 1 saturated carbocycles. The monoisotopic (exact) mass is 416 g/mol. The van der Waals surface area contributed by atoms with Crippen LogP contribution in [0.2, 0.25) is 0 Å². The Labute approximate surface area is 183 Å². The molecule has 3 aliphatic rings. The Hall–Kier alpha value is -3.15. The number of hydrogen-bond acceptors (Lipinski definition) is 3. The van der Waals surface area contributed by atoms with Crippen molar-refractivity contribution in [2.24, 2.45) is 5.92 Å². The van der Waals surface area contributed by atoms with Gasteiger partial charge in [-0.3, -0.25) is 9.78 Å². The van der Waals surface area contributed by atoms with E-state index < -0.39 is 0 Å². The number of benzene rings is 1. The van der Waals surface area contributed by atoms with Crippen LogP contribution in [0, 0.1) is 5.92 Å². The fraction of sp³-hybridized carbons (Fsp3) is 0.400. The molecule has 3 amide bonds. The minimum absolute atomic E-state index is 0.0955. The summed E-state index contributed by atoms with van der Waals surface area (Å²) in [6.45, 7) is 2.71. The SMILES string of the molecule is O=C(Nc1ccc(C2=CCN(C(=O)C3CCCC3)CC2)cc1)N1Cc2ccncc2C1. The van der Waals surface area contributed by atoms with Gasteiger partial charge in [-0.1, -0.05) is 31.1 Å². The van der Waals surface area contributed by atoms with Crippen molar-refractivity contribution in [3.05, 3.63) is 65.5 Å². The first-order valence-corrected chi connectivity index (χ1v) is 11.2. The van der Waals surface area contributed by atoms with Crippen LogP contribution in [-0.2, 0) is 17.9 Å². The number of amides is 3. The van der Waals surface area contributed by atoms with Gasteiger partial charge >= 0.3 is 6.03 Å². The normalized spacial score (nSPS) is 18.6. The van der Waals surface area contributed by atoms with Crippen LogP contribution in [0.15, 0.2) is 48.8 Å². The lowest BCUT2D eigenvalue weighted by molar-refractivity contribution is -0.134. The maximum atomic E-state index is 12.6. The highest BCUT2D eigenvalue weighted by Gasteiger charge is 2.28. The van der Waals surface area contributed by atoms with Crippen LogP contribution >= 0.6 is 0 Å². The summed E-state index contributed by atoms with van der Waals surface area (Å²) < 4.78 is 0. The molecule has 6 heteroatoms. The van der Waals surface area contributed by atoms with Crippen LogP contribution in [0.3, 0.4) is 0 Å². The zero-order chi connectivity index (χ0) is 21.2. The molecule has 0 radical (unpaired) electrons. The molecule has 2 aromatic rings. The van der Waals surface area contributed by atoms with Gasteiger partial charge in [-0.15, -0.1) is 0 Å². The standard InChI is InChI=1S/C25H28N4O2/c30-24(20-3-1-2-4-20)28-13-10-19(11-14-28)18-5-7-23(8-6-18)27-25(31)29-16-21-9-12-26-15-22(21)17-29/h5-10,12,15,20H,1-4,11,13-14,16-17H2,(H,27,31). The summed E-state index contributed by atoms with van der Waals surface area (Å²) >= 11 is 0. The molecule has 0 saturated heterocycles. The van der Waals surface area contributed by atoms with E-state index in [2.05, 4.69) is 28.5 Å². The van der Waals surface area contributed by atoms with Gasteiger partial charge < -0.3 is 15.1 Å². The van der Waals surface area contributed by atoms with Gasteiger partial charge in [-0.05, 0) is 59.7 Å². The van der Waals surface area contributed by atoms with Crippen LogP contribution in [0.25, 0.3) is 5.57 Å². The molecule has 6 nitrogen and oxygen atoms in total. The van der Waals surface area contributed by atoms with Gasteiger partial charge in [0.25, 0.3) is 0 Å². The maximum absolute atomic E-state index is 12.6. The van der Waals surface area contributed by atoms with Gasteiger partial charge in [0, 0.05) is 50.2 Å². The Morgan fingerprint density at radius 1 is 0.968 bits per heavy atom. The average molecular weight is 417 g/mol. The fourth-order valence-corrected chi connectivity index (χ4v) is 4.90. The van der Waals surface area contributed by atoms with E-state index in [1.165, 1.54) is 18.4 Å². The van der Waals surface area contributed by atoms with Crippen LogP contribution in [-0.4, -0.2) is 39.8 Å². The third kappa shape index (κ3) is 4.20. The second-order valence-electron chi connectivity index (χ2n) is 8.75. The average Bonchev–Trinajstić information content (AvgIpc) is 3.49. The van der Waals surface area contributed by atoms with Crippen LogP contribution in [0.5, 0.6) is 0 Å². The maximum Gasteiger partial charge on any atom is 0.322 e. The van der Waals surface area contributed by atoms with Gasteiger partial charge in [0.05, 0.1) is 0 Å². The summed E-state index contributed by atoms with van der Waals surface area (Å²) in [5.74, 6) is 0.586. The van der Waals surface area contributed by atoms with E-state index in [1.54, 1.807) is 11.1 Å². The van der Waals surface area contributed by atoms with Crippen molar-refractivity contribution >= 4 is 23.2 Å². The Kier molecular flexibility index (Phi) is 5.45. The highest BCUT2D eigenvalue weighted by atomic mass is 16.2. The van der Waals surface area contributed by atoms with Crippen LogP contribution in [0.4, 0.5) is 10.5 Å². The molecule has 3 heterocycles. The topological polar surface area (TPSA) is 65.5 Å². The second-order valence-corrected chi connectivity index (χ2v) is 8.75. The molecule has 0 spiro atoms. The summed E-state index contributed by atoms with van der Waals surface area (Å²) in [6.07, 6.45) is 11.1. The number of pyridine rings is 1. The second kappa shape index (κ2) is 8.53. The quantitative estimate of drug-likeness (QED) is 0.805. The molecule has 1 aliphatic carbocycles. The molecular weight excluding hydrogens is 388 g/mol. The minimum atomic E-state index is -0.0955. The van der Waals surface area contributed by atoms with E-state index in [1.807, 2.05) is 29.3 Å². The highest BCUT2D eigenvalue weighted by molar-refractivity contribution is 5.90. The van der Waals surface area contributed by atoms with Crippen molar-refractivity contribution in [1.82, 2.24) is 14.8 Å². The number of hydrogen-bond donors (Lipinski definition) is 1. The number of nitrogens with zero attached hydrogens (tertiary/aromatic N) is 3. The highest BCUT2D eigenvalue weighted by Crippen LogP contribution is 2.29. The Bertz CT molecular complexity index is 983. The third-order valence-corrected chi connectivity index (χ3v) is 6.75. The van der Waals surface area contributed by atoms with Gasteiger partial charge in [-0.2, -0.15) is 0 Å². The number of fused-ring (bicyclic) bond motifs is 1. The summed E-state index contributed by atoms with van der Waals surface area (Å²) in [7, 11) is 0. The van der Waals surface area contributed by atoms with E-state index in [4.69, 9.17) is 0 Å². The first kappa shape index (κ1) is 19.8. The predicted octanol–water partition coefficient (Wildman–Crippen LogP) is 4.44. The number of nitrogens with one attached hydrogen (secondary N) is 1. The lowest BCUT2D eigenvalue weighted by Crippen LogP contribution is -2.38. The van der Waals surface area contributed by atoms with Crippen molar-refractivity contribution < 1.29 is 9.59 Å². The number of aromatic nitrogens is 1. The van der Waals surface area contributed by atoms with E-state index in [9.17, 15) is 9.59 Å². The zero-order valence-electron chi connectivity index (χ0n) is 17.7. The van der Waals surface area contributed by atoms with E-state index in [0.29, 0.717) is 25.5 Å². The lowest BCUT2D eigenvalue weighted by Gasteiger charge is -2.29. The molecule has 1 aromatic carbocycles. The number of carbonyl (C=O) groups excluding carboxylic acids is 2. The molecule has 5 rings (SSSR count). The molecular formula is C25H28N4O2. The fourth-order valence-electron chi connectivity index (χ4n) is 4.90. The molecule has 0 atom stereocenters. The first-order chi connectivity index (χ1) is 15.2. The lowest BCUT2D eigenvalue weighted by atomic mass is 9.98. The Balaban J connectivity index is 1.17. The van der Waals surface area contributed by atoms with E-state index in [-0.39, 0.29) is 11.9 Å². The van der Waals surface area contributed by atoms with Crippen molar-refractivity contribution in [2.75, 3.05) is 18.4 Å². The number of rotatable bonds is 3. The minimum Gasteiger partial charge on any atom is -0.338 e. The number of carbonyl (C=O) groups is 2. The molecule has 31 heavy (non-hydrogen) atoms. The van der Waals surface area contributed by atoms with Gasteiger partial charge in [-0.25, -0.2) is 4.79 Å². The zero-order valence-corrected chi connectivity index (χ0v) is 17.7. The number of anilines is 1. The van der Waals surface area contributed by atoms with E-state index >= 15 is 0 Å². The largest absolute Gasteiger partial charge is 0.338 e. The van der Waals surface area contributed by atoms with E-state index in [0.717, 1.165) is 48.2 Å². The van der Waals surface area contributed by atoms with Gasteiger partial charge in [0.2, 0.25) is 5.91 Å². The summed E-state index contributed by atoms with van der Waals surface area (Å²) in [5.41, 5.74) is 5.49.